The van der Waals surface area contributed by atoms with Crippen LogP contribution in [0, 0.1) is 17.7 Å². The fraction of sp³-hybridized carbons (Fsp3) is 0.471. The van der Waals surface area contributed by atoms with Crippen LogP contribution in [0.5, 0.6) is 0 Å². The molecule has 1 amide bonds. The summed E-state index contributed by atoms with van der Waals surface area (Å²) in [6.45, 7) is 1.11. The molecule has 4 heteroatoms. The van der Waals surface area contributed by atoms with Crippen LogP contribution in [-0.2, 0) is 0 Å². The summed E-state index contributed by atoms with van der Waals surface area (Å²) in [4.78, 5) is 14.2. The number of rotatable bonds is 1. The molecule has 0 radical (unpaired) electrons. The molecule has 0 atom stereocenters. The lowest BCUT2D eigenvalue weighted by Crippen LogP contribution is -2.34. The molecule has 0 spiro atoms. The maximum Gasteiger partial charge on any atom is 0.256 e. The summed E-state index contributed by atoms with van der Waals surface area (Å²) in [5.41, 5.74) is 0.612. The number of hydrogen-bond donors (Lipinski definition) is 1. The van der Waals surface area contributed by atoms with Crippen LogP contribution < -0.4 is 0 Å². The van der Waals surface area contributed by atoms with Gasteiger partial charge in [-0.25, -0.2) is 4.39 Å². The van der Waals surface area contributed by atoms with Crippen molar-refractivity contribution in [2.75, 3.05) is 19.7 Å². The Kier molecular flexibility index (Phi) is 5.77. The number of amides is 1. The van der Waals surface area contributed by atoms with Crippen molar-refractivity contribution < 1.29 is 14.3 Å². The van der Waals surface area contributed by atoms with Crippen LogP contribution in [0.1, 0.15) is 48.0 Å². The van der Waals surface area contributed by atoms with Crippen LogP contribution in [0.15, 0.2) is 18.2 Å². The predicted octanol–water partition coefficient (Wildman–Crippen LogP) is 2.58. The first-order chi connectivity index (χ1) is 10.2. The second kappa shape index (κ2) is 7.80. The molecule has 2 rings (SSSR count). The van der Waals surface area contributed by atoms with E-state index < -0.39 is 5.82 Å². The van der Waals surface area contributed by atoms with E-state index in [2.05, 4.69) is 11.8 Å². The topological polar surface area (TPSA) is 40.5 Å². The fourth-order valence-electron chi connectivity index (χ4n) is 2.53. The lowest BCUT2D eigenvalue weighted by molar-refractivity contribution is 0.0737. The van der Waals surface area contributed by atoms with Crippen LogP contribution in [0.4, 0.5) is 4.39 Å². The summed E-state index contributed by atoms with van der Waals surface area (Å²) >= 11 is 0. The highest BCUT2D eigenvalue weighted by molar-refractivity contribution is 5.94. The molecule has 0 aliphatic carbocycles. The van der Waals surface area contributed by atoms with E-state index in [1.807, 2.05) is 0 Å². The molecule has 0 unspecified atom stereocenters. The van der Waals surface area contributed by atoms with Crippen LogP contribution in [0.3, 0.4) is 0 Å². The van der Waals surface area contributed by atoms with Gasteiger partial charge in [0.05, 0.1) is 5.56 Å². The maximum absolute atomic E-state index is 13.9. The lowest BCUT2D eigenvalue weighted by atomic mass is 10.1. The van der Waals surface area contributed by atoms with Gasteiger partial charge in [-0.15, -0.1) is 0 Å². The molecule has 1 heterocycles. The van der Waals surface area contributed by atoms with Crippen LogP contribution in [0.2, 0.25) is 0 Å². The van der Waals surface area contributed by atoms with Crippen molar-refractivity contribution in [3.63, 3.8) is 0 Å². The molecule has 1 N–H and O–H groups in total. The molecule has 1 aromatic rings. The number of benzene rings is 1. The van der Waals surface area contributed by atoms with E-state index in [0.29, 0.717) is 18.7 Å². The molecule has 1 aliphatic heterocycles. The van der Waals surface area contributed by atoms with Gasteiger partial charge in [-0.1, -0.05) is 31.1 Å². The Morgan fingerprint density at radius 3 is 2.52 bits per heavy atom. The first-order valence-corrected chi connectivity index (χ1v) is 7.41. The van der Waals surface area contributed by atoms with Crippen molar-refractivity contribution in [1.29, 1.82) is 0 Å². The smallest absolute Gasteiger partial charge is 0.256 e. The van der Waals surface area contributed by atoms with Gasteiger partial charge >= 0.3 is 0 Å². The molecule has 3 nitrogen and oxygen atoms in total. The van der Waals surface area contributed by atoms with Crippen molar-refractivity contribution in [3.05, 3.63) is 35.1 Å². The first kappa shape index (κ1) is 15.5. The number of carbonyl (C=O) groups excluding carboxylic acids is 1. The molecule has 21 heavy (non-hydrogen) atoms. The van der Waals surface area contributed by atoms with E-state index in [1.54, 1.807) is 4.90 Å². The minimum atomic E-state index is -0.517. The second-order valence-electron chi connectivity index (χ2n) is 5.21. The lowest BCUT2D eigenvalue weighted by Gasteiger charge is -2.25. The number of aliphatic hydroxyl groups is 1. The monoisotopic (exact) mass is 289 g/mol. The van der Waals surface area contributed by atoms with E-state index in [0.717, 1.165) is 25.7 Å². The molecular formula is C17H20FNO2. The molecular weight excluding hydrogens is 269 g/mol. The third-order valence-electron chi connectivity index (χ3n) is 3.65. The highest BCUT2D eigenvalue weighted by Crippen LogP contribution is 2.16. The Labute approximate surface area is 124 Å². The number of hydrogen-bond acceptors (Lipinski definition) is 2. The Morgan fingerprint density at radius 1 is 1.19 bits per heavy atom. The highest BCUT2D eigenvalue weighted by Gasteiger charge is 2.20. The molecule has 1 fully saturated rings. The minimum Gasteiger partial charge on any atom is -0.384 e. The van der Waals surface area contributed by atoms with Gasteiger partial charge in [-0.05, 0) is 31.0 Å². The van der Waals surface area contributed by atoms with Crippen molar-refractivity contribution in [3.8, 4) is 11.8 Å². The fourth-order valence-corrected chi connectivity index (χ4v) is 2.53. The summed E-state index contributed by atoms with van der Waals surface area (Å²) < 4.78 is 13.9. The van der Waals surface area contributed by atoms with Gasteiger partial charge in [-0.2, -0.15) is 0 Å². The normalized spacial score (nSPS) is 15.6. The third kappa shape index (κ3) is 4.30. The number of halogens is 1. The van der Waals surface area contributed by atoms with Crippen molar-refractivity contribution in [2.24, 2.45) is 0 Å². The minimum absolute atomic E-state index is 0.0697. The summed E-state index contributed by atoms with van der Waals surface area (Å²) in [5.74, 6) is 4.43. The predicted molar refractivity (Wildman–Crippen MR) is 79.4 cm³/mol. The van der Waals surface area contributed by atoms with Crippen LogP contribution in [-0.4, -0.2) is 35.6 Å². The molecule has 0 saturated carbocycles. The van der Waals surface area contributed by atoms with Gasteiger partial charge in [-0.3, -0.25) is 4.79 Å². The van der Waals surface area contributed by atoms with E-state index in [4.69, 9.17) is 5.11 Å². The average Bonchev–Trinajstić information content (AvgIpc) is 2.45. The molecule has 0 aromatic heterocycles. The van der Waals surface area contributed by atoms with Gasteiger partial charge in [0, 0.05) is 18.7 Å². The van der Waals surface area contributed by atoms with E-state index in [-0.39, 0.29) is 18.1 Å². The Hall–Kier alpha value is -1.86. The quantitative estimate of drug-likeness (QED) is 0.807. The zero-order chi connectivity index (χ0) is 15.1. The van der Waals surface area contributed by atoms with Gasteiger partial charge in [0.2, 0.25) is 0 Å². The molecule has 1 saturated heterocycles. The van der Waals surface area contributed by atoms with E-state index in [1.165, 1.54) is 24.6 Å². The third-order valence-corrected chi connectivity index (χ3v) is 3.65. The number of carbonyl (C=O) groups is 1. The van der Waals surface area contributed by atoms with E-state index in [9.17, 15) is 9.18 Å². The Morgan fingerprint density at radius 2 is 1.86 bits per heavy atom. The first-order valence-electron chi connectivity index (χ1n) is 7.41. The van der Waals surface area contributed by atoms with Crippen molar-refractivity contribution >= 4 is 5.91 Å². The summed E-state index contributed by atoms with van der Waals surface area (Å²) in [6.07, 6.45) is 5.39. The van der Waals surface area contributed by atoms with E-state index >= 15 is 0 Å². The van der Waals surface area contributed by atoms with Gasteiger partial charge in [0.1, 0.15) is 12.4 Å². The van der Waals surface area contributed by atoms with Crippen LogP contribution >= 0.6 is 0 Å². The number of nitrogens with zero attached hydrogens (tertiary/aromatic N) is 1. The highest BCUT2D eigenvalue weighted by atomic mass is 19.1. The summed E-state index contributed by atoms with van der Waals surface area (Å²) in [7, 11) is 0. The number of likely N-dealkylation sites (tertiary alicyclic amines) is 1. The largest absolute Gasteiger partial charge is 0.384 e. The standard InChI is InChI=1S/C17H20FNO2/c18-16-9-8-14(7-6-12-20)13-15(16)17(21)19-10-4-2-1-3-5-11-19/h8-9,13,20H,1-5,10-12H2. The zero-order valence-corrected chi connectivity index (χ0v) is 12.1. The number of aliphatic hydroxyl groups excluding tert-OH is 1. The second-order valence-corrected chi connectivity index (χ2v) is 5.21. The molecule has 1 aromatic carbocycles. The molecule has 0 bridgehead atoms. The maximum atomic E-state index is 13.9. The van der Waals surface area contributed by atoms with Crippen molar-refractivity contribution in [1.82, 2.24) is 4.90 Å². The Balaban J connectivity index is 2.20. The van der Waals surface area contributed by atoms with Crippen molar-refractivity contribution in [2.45, 2.75) is 32.1 Å². The van der Waals surface area contributed by atoms with Gasteiger partial charge in [0.25, 0.3) is 5.91 Å². The zero-order valence-electron chi connectivity index (χ0n) is 12.1. The Bertz CT molecular complexity index is 552. The molecule has 112 valence electrons. The van der Waals surface area contributed by atoms with Crippen LogP contribution in [0.25, 0.3) is 0 Å². The van der Waals surface area contributed by atoms with Gasteiger partial charge in [0.15, 0.2) is 0 Å². The SMILES string of the molecule is O=C(c1cc(C#CCO)ccc1F)N1CCCCCCC1. The molecule has 1 aliphatic rings. The average molecular weight is 289 g/mol. The summed E-state index contributed by atoms with van der Waals surface area (Å²) in [6, 6.07) is 4.25. The van der Waals surface area contributed by atoms with Gasteiger partial charge < -0.3 is 10.0 Å². The summed E-state index contributed by atoms with van der Waals surface area (Å²) in [5, 5.41) is 8.70.